The van der Waals surface area contributed by atoms with E-state index in [0.717, 1.165) is 5.39 Å². The third-order valence-electron chi connectivity index (χ3n) is 4.33. The zero-order valence-electron chi connectivity index (χ0n) is 15.4. The first-order valence-electron chi connectivity index (χ1n) is 8.77. The Kier molecular flexibility index (Phi) is 5.49. The van der Waals surface area contributed by atoms with Crippen molar-refractivity contribution in [3.05, 3.63) is 53.2 Å². The topological polar surface area (TPSA) is 114 Å². The number of carbonyl (C=O) groups is 3. The molecular weight excluding hydrogens is 364 g/mol. The summed E-state index contributed by atoms with van der Waals surface area (Å²) in [6.07, 6.45) is 0. The summed E-state index contributed by atoms with van der Waals surface area (Å²) >= 11 is 0. The number of urea groups is 1. The van der Waals surface area contributed by atoms with Crippen molar-refractivity contribution in [3.8, 4) is 5.75 Å². The zero-order valence-corrected chi connectivity index (χ0v) is 15.4. The van der Waals surface area contributed by atoms with Crippen LogP contribution in [-0.2, 0) is 14.3 Å². The van der Waals surface area contributed by atoms with Crippen LogP contribution in [-0.4, -0.2) is 42.3 Å². The molecule has 8 heteroatoms. The van der Waals surface area contributed by atoms with Gasteiger partial charge in [-0.1, -0.05) is 30.3 Å². The Morgan fingerprint density at radius 3 is 2.61 bits per heavy atom. The number of carbonyl (C=O) groups excluding carboxylic acids is 3. The molecule has 0 aliphatic carbocycles. The highest BCUT2D eigenvalue weighted by molar-refractivity contribution is 6.01. The van der Waals surface area contributed by atoms with Gasteiger partial charge in [0.2, 0.25) is 0 Å². The van der Waals surface area contributed by atoms with Crippen LogP contribution in [0.4, 0.5) is 4.79 Å². The van der Waals surface area contributed by atoms with Gasteiger partial charge >= 0.3 is 18.0 Å². The molecule has 8 nitrogen and oxygen atoms in total. The molecule has 0 bridgehead atoms. The molecule has 0 radical (unpaired) electrons. The smallest absolute Gasteiger partial charge is 0.342 e. The predicted octanol–water partition coefficient (Wildman–Crippen LogP) is 2.22. The van der Waals surface area contributed by atoms with E-state index in [2.05, 4.69) is 10.6 Å². The van der Waals surface area contributed by atoms with Crippen molar-refractivity contribution in [2.75, 3.05) is 13.2 Å². The number of benzene rings is 2. The van der Waals surface area contributed by atoms with Crippen molar-refractivity contribution in [3.63, 3.8) is 0 Å². The van der Waals surface area contributed by atoms with E-state index in [1.54, 1.807) is 32.0 Å². The summed E-state index contributed by atoms with van der Waals surface area (Å²) in [5, 5.41) is 16.7. The van der Waals surface area contributed by atoms with Crippen molar-refractivity contribution in [2.24, 2.45) is 0 Å². The monoisotopic (exact) mass is 384 g/mol. The van der Waals surface area contributed by atoms with E-state index in [1.165, 1.54) is 6.07 Å². The summed E-state index contributed by atoms with van der Waals surface area (Å²) < 4.78 is 10.3. The van der Waals surface area contributed by atoms with Crippen LogP contribution in [0.5, 0.6) is 5.75 Å². The van der Waals surface area contributed by atoms with Gasteiger partial charge in [-0.05, 0) is 25.3 Å². The van der Waals surface area contributed by atoms with Gasteiger partial charge in [0.15, 0.2) is 0 Å². The van der Waals surface area contributed by atoms with Gasteiger partial charge in [0.25, 0.3) is 0 Å². The average molecular weight is 384 g/mol. The molecular formula is C20H20N2O6. The molecule has 0 aromatic heterocycles. The summed E-state index contributed by atoms with van der Waals surface area (Å²) in [5.41, 5.74) is 0.311. The molecule has 0 saturated carbocycles. The highest BCUT2D eigenvalue weighted by Crippen LogP contribution is 2.29. The lowest BCUT2D eigenvalue weighted by Gasteiger charge is -2.26. The lowest BCUT2D eigenvalue weighted by molar-refractivity contribution is -0.139. The van der Waals surface area contributed by atoms with Crippen molar-refractivity contribution in [2.45, 2.75) is 19.9 Å². The Labute approximate surface area is 161 Å². The van der Waals surface area contributed by atoms with Crippen molar-refractivity contribution < 1.29 is 29.0 Å². The van der Waals surface area contributed by atoms with Crippen molar-refractivity contribution >= 4 is 28.7 Å². The van der Waals surface area contributed by atoms with Gasteiger partial charge < -0.3 is 25.2 Å². The first kappa shape index (κ1) is 19.2. The molecule has 2 aromatic carbocycles. The van der Waals surface area contributed by atoms with Gasteiger partial charge in [-0.3, -0.25) is 0 Å². The average Bonchev–Trinajstić information content (AvgIpc) is 2.66. The summed E-state index contributed by atoms with van der Waals surface area (Å²) in [6.45, 7) is 3.11. The molecule has 28 heavy (non-hydrogen) atoms. The fourth-order valence-corrected chi connectivity index (χ4v) is 3.03. The minimum atomic E-state index is -0.778. The Morgan fingerprint density at radius 1 is 1.11 bits per heavy atom. The number of ether oxygens (including phenoxy) is 2. The fourth-order valence-electron chi connectivity index (χ4n) is 3.03. The summed E-state index contributed by atoms with van der Waals surface area (Å²) in [4.78, 5) is 36.4. The van der Waals surface area contributed by atoms with E-state index < -0.39 is 24.0 Å². The summed E-state index contributed by atoms with van der Waals surface area (Å²) in [6, 6.07) is 9.12. The van der Waals surface area contributed by atoms with Crippen LogP contribution in [0, 0.1) is 0 Å². The van der Waals surface area contributed by atoms with E-state index in [1.807, 2.05) is 12.1 Å². The minimum absolute atomic E-state index is 0.00899. The first-order valence-corrected chi connectivity index (χ1v) is 8.77. The molecule has 1 aliphatic heterocycles. The van der Waals surface area contributed by atoms with Crippen LogP contribution in [0.1, 0.15) is 24.2 Å². The molecule has 0 unspecified atom stereocenters. The zero-order chi connectivity index (χ0) is 20.3. The first-order chi connectivity index (χ1) is 13.4. The largest absolute Gasteiger partial charge is 0.506 e. The SMILES string of the molecule is CCOC(=O)C1=C(COC(=O)c2ccc3ccccc3c2O)NC(=O)N[C@H]1C. The molecule has 1 heterocycles. The lowest BCUT2D eigenvalue weighted by atomic mass is 10.0. The van der Waals surface area contributed by atoms with Gasteiger partial charge in [0.05, 0.1) is 23.9 Å². The van der Waals surface area contributed by atoms with Crippen molar-refractivity contribution in [1.82, 2.24) is 10.6 Å². The van der Waals surface area contributed by atoms with E-state index in [9.17, 15) is 19.5 Å². The highest BCUT2D eigenvalue weighted by atomic mass is 16.5. The quantitative estimate of drug-likeness (QED) is 0.681. The maximum atomic E-state index is 12.5. The molecule has 2 amide bonds. The second-order valence-corrected chi connectivity index (χ2v) is 6.19. The standard InChI is InChI=1S/C20H20N2O6/c1-3-27-19(25)16-11(2)21-20(26)22-15(16)10-28-18(24)14-9-8-12-6-4-5-7-13(12)17(14)23/h4-9,11,23H,3,10H2,1-2H3,(H2,21,22,26)/t11-/m0/s1. The number of hydrogen-bond donors (Lipinski definition) is 3. The maximum absolute atomic E-state index is 12.5. The Hall–Kier alpha value is -3.55. The molecule has 0 saturated heterocycles. The van der Waals surface area contributed by atoms with Gasteiger partial charge in [-0.25, -0.2) is 14.4 Å². The molecule has 146 valence electrons. The molecule has 3 rings (SSSR count). The molecule has 2 aromatic rings. The summed E-state index contributed by atoms with van der Waals surface area (Å²) in [7, 11) is 0. The molecule has 0 spiro atoms. The van der Waals surface area contributed by atoms with Gasteiger partial charge in [0.1, 0.15) is 17.9 Å². The number of phenolic OH excluding ortho intramolecular Hbond substituents is 1. The highest BCUT2D eigenvalue weighted by Gasteiger charge is 2.30. The van der Waals surface area contributed by atoms with Gasteiger partial charge in [-0.15, -0.1) is 0 Å². The third kappa shape index (κ3) is 3.75. The number of nitrogens with one attached hydrogen (secondary N) is 2. The minimum Gasteiger partial charge on any atom is -0.506 e. The normalized spacial score (nSPS) is 16.4. The van der Waals surface area contributed by atoms with E-state index in [0.29, 0.717) is 5.39 Å². The van der Waals surface area contributed by atoms with E-state index in [4.69, 9.17) is 9.47 Å². The van der Waals surface area contributed by atoms with Crippen LogP contribution in [0.15, 0.2) is 47.7 Å². The lowest BCUT2D eigenvalue weighted by Crippen LogP contribution is -2.50. The molecule has 1 atom stereocenters. The number of aromatic hydroxyl groups is 1. The van der Waals surface area contributed by atoms with Crippen LogP contribution in [0.2, 0.25) is 0 Å². The Bertz CT molecular complexity index is 982. The van der Waals surface area contributed by atoms with Gasteiger partial charge in [0, 0.05) is 5.39 Å². The summed E-state index contributed by atoms with van der Waals surface area (Å²) in [5.74, 6) is -1.58. The van der Waals surface area contributed by atoms with Crippen molar-refractivity contribution in [1.29, 1.82) is 0 Å². The third-order valence-corrected chi connectivity index (χ3v) is 4.33. The van der Waals surface area contributed by atoms with E-state index in [-0.39, 0.29) is 35.8 Å². The Morgan fingerprint density at radius 2 is 1.86 bits per heavy atom. The van der Waals surface area contributed by atoms with Crippen LogP contribution < -0.4 is 10.6 Å². The maximum Gasteiger partial charge on any atom is 0.342 e. The molecule has 1 aliphatic rings. The molecule has 0 fully saturated rings. The number of hydrogen-bond acceptors (Lipinski definition) is 6. The van der Waals surface area contributed by atoms with E-state index >= 15 is 0 Å². The number of esters is 2. The van der Waals surface area contributed by atoms with Crippen LogP contribution >= 0.6 is 0 Å². The number of rotatable bonds is 5. The van der Waals surface area contributed by atoms with Gasteiger partial charge in [-0.2, -0.15) is 0 Å². The Balaban J connectivity index is 1.84. The van der Waals surface area contributed by atoms with Crippen LogP contribution in [0.25, 0.3) is 10.8 Å². The van der Waals surface area contributed by atoms with Crippen LogP contribution in [0.3, 0.4) is 0 Å². The molecule has 3 N–H and O–H groups in total. The fraction of sp³-hybridized carbons (Fsp3) is 0.250. The number of phenols is 1. The predicted molar refractivity (Wildman–Crippen MR) is 101 cm³/mol. The number of amides is 2. The number of fused-ring (bicyclic) bond motifs is 1. The second-order valence-electron chi connectivity index (χ2n) is 6.19. The second kappa shape index (κ2) is 7.99.